The second-order valence-electron chi connectivity index (χ2n) is 3.31. The van der Waals surface area contributed by atoms with Gasteiger partial charge in [0.2, 0.25) is 5.91 Å². The highest BCUT2D eigenvalue weighted by Gasteiger charge is 2.06. The van der Waals surface area contributed by atoms with E-state index in [9.17, 15) is 4.79 Å². The Morgan fingerprint density at radius 1 is 1.57 bits per heavy atom. The summed E-state index contributed by atoms with van der Waals surface area (Å²) in [7, 11) is 0. The first-order valence-corrected chi connectivity index (χ1v) is 4.91. The fourth-order valence-corrected chi connectivity index (χ4v) is 1.16. The third-order valence-electron chi connectivity index (χ3n) is 2.12. The Hall–Kier alpha value is -1.38. The highest BCUT2D eigenvalue weighted by molar-refractivity contribution is 5.75. The monoisotopic (exact) mass is 192 g/mol. The zero-order valence-corrected chi connectivity index (χ0v) is 8.66. The molecule has 14 heavy (non-hydrogen) atoms. The summed E-state index contributed by atoms with van der Waals surface area (Å²) in [5, 5.41) is 2.85. The molecule has 0 saturated carbocycles. The molecule has 76 valence electrons. The van der Waals surface area contributed by atoms with E-state index < -0.39 is 0 Å². The van der Waals surface area contributed by atoms with Crippen LogP contribution in [0.5, 0.6) is 0 Å². The summed E-state index contributed by atoms with van der Waals surface area (Å²) in [5.74, 6) is 0.361. The number of nitrogens with one attached hydrogen (secondary N) is 1. The lowest BCUT2D eigenvalue weighted by Gasteiger charge is -2.11. The Bertz CT molecular complexity index is 285. The number of pyridine rings is 1. The smallest absolute Gasteiger partial charge is 0.219 e. The number of carbonyl (C=O) groups excluding carboxylic acids is 1. The number of hydrogen-bond donors (Lipinski definition) is 1. The molecule has 0 saturated heterocycles. The zero-order chi connectivity index (χ0) is 10.4. The Morgan fingerprint density at radius 2 is 2.36 bits per heavy atom. The van der Waals surface area contributed by atoms with Crippen molar-refractivity contribution < 1.29 is 4.79 Å². The second-order valence-corrected chi connectivity index (χ2v) is 3.31. The quantitative estimate of drug-likeness (QED) is 0.789. The Balaban J connectivity index is 2.43. The highest BCUT2D eigenvalue weighted by atomic mass is 16.1. The van der Waals surface area contributed by atoms with Crippen LogP contribution in [0, 0.1) is 0 Å². The summed E-state index contributed by atoms with van der Waals surface area (Å²) in [6.45, 7) is 4.56. The standard InChI is InChI=1S/C11H16N2O/c1-3-11(14)13-8-9(2)10-6-4-5-7-12-10/h4-7,9H,3,8H2,1-2H3,(H,13,14). The molecule has 1 aromatic heterocycles. The number of aromatic nitrogens is 1. The highest BCUT2D eigenvalue weighted by Crippen LogP contribution is 2.09. The number of hydrogen-bond acceptors (Lipinski definition) is 2. The largest absolute Gasteiger partial charge is 0.355 e. The topological polar surface area (TPSA) is 42.0 Å². The van der Waals surface area contributed by atoms with Gasteiger partial charge in [-0.1, -0.05) is 19.9 Å². The van der Waals surface area contributed by atoms with E-state index >= 15 is 0 Å². The summed E-state index contributed by atoms with van der Waals surface area (Å²) in [6, 6.07) is 5.82. The van der Waals surface area contributed by atoms with Crippen LogP contribution >= 0.6 is 0 Å². The summed E-state index contributed by atoms with van der Waals surface area (Å²) in [5.41, 5.74) is 1.02. The average molecular weight is 192 g/mol. The summed E-state index contributed by atoms with van der Waals surface area (Å²) in [4.78, 5) is 15.2. The molecule has 1 rings (SSSR count). The molecule has 1 amide bonds. The van der Waals surface area contributed by atoms with E-state index in [2.05, 4.69) is 17.2 Å². The third-order valence-corrected chi connectivity index (χ3v) is 2.12. The minimum Gasteiger partial charge on any atom is -0.355 e. The van der Waals surface area contributed by atoms with Crippen LogP contribution in [-0.4, -0.2) is 17.4 Å². The Kier molecular flexibility index (Phi) is 4.11. The number of carbonyl (C=O) groups is 1. The molecular weight excluding hydrogens is 176 g/mol. The predicted molar refractivity (Wildman–Crippen MR) is 56.0 cm³/mol. The van der Waals surface area contributed by atoms with Crippen LogP contribution in [0.2, 0.25) is 0 Å². The van der Waals surface area contributed by atoms with E-state index in [-0.39, 0.29) is 11.8 Å². The van der Waals surface area contributed by atoms with E-state index in [1.54, 1.807) is 6.20 Å². The van der Waals surface area contributed by atoms with E-state index in [1.807, 2.05) is 25.1 Å². The summed E-state index contributed by atoms with van der Waals surface area (Å²) >= 11 is 0. The van der Waals surface area contributed by atoms with Crippen molar-refractivity contribution in [1.29, 1.82) is 0 Å². The third kappa shape index (κ3) is 3.17. The first-order valence-electron chi connectivity index (χ1n) is 4.91. The van der Waals surface area contributed by atoms with Gasteiger partial charge in [0.15, 0.2) is 0 Å². The van der Waals surface area contributed by atoms with Crippen LogP contribution in [0.4, 0.5) is 0 Å². The Labute approximate surface area is 84.6 Å². The van der Waals surface area contributed by atoms with Gasteiger partial charge in [-0.25, -0.2) is 0 Å². The van der Waals surface area contributed by atoms with Crippen molar-refractivity contribution in [3.8, 4) is 0 Å². The lowest BCUT2D eigenvalue weighted by Crippen LogP contribution is -2.26. The van der Waals surface area contributed by atoms with Crippen molar-refractivity contribution in [3.05, 3.63) is 30.1 Å². The molecule has 0 aliphatic heterocycles. The van der Waals surface area contributed by atoms with Crippen LogP contribution in [0.1, 0.15) is 31.9 Å². The molecular formula is C11H16N2O. The van der Waals surface area contributed by atoms with Crippen molar-refractivity contribution in [2.24, 2.45) is 0 Å². The van der Waals surface area contributed by atoms with Crippen molar-refractivity contribution in [1.82, 2.24) is 10.3 Å². The second kappa shape index (κ2) is 5.37. The summed E-state index contributed by atoms with van der Waals surface area (Å²) in [6.07, 6.45) is 2.31. The molecule has 0 aliphatic rings. The number of nitrogens with zero attached hydrogens (tertiary/aromatic N) is 1. The van der Waals surface area contributed by atoms with E-state index in [0.717, 1.165) is 5.69 Å². The predicted octanol–water partition coefficient (Wildman–Crippen LogP) is 1.71. The number of rotatable bonds is 4. The molecule has 1 aromatic rings. The Morgan fingerprint density at radius 3 is 2.93 bits per heavy atom. The number of amides is 1. The van der Waals surface area contributed by atoms with Gasteiger partial charge < -0.3 is 5.32 Å². The van der Waals surface area contributed by atoms with Crippen LogP contribution in [0.25, 0.3) is 0 Å². The van der Waals surface area contributed by atoms with Crippen LogP contribution < -0.4 is 5.32 Å². The van der Waals surface area contributed by atoms with Gasteiger partial charge in [0.05, 0.1) is 0 Å². The molecule has 0 bridgehead atoms. The van der Waals surface area contributed by atoms with Crippen LogP contribution in [0.15, 0.2) is 24.4 Å². The minimum atomic E-state index is 0.0905. The molecule has 3 heteroatoms. The fraction of sp³-hybridized carbons (Fsp3) is 0.455. The van der Waals surface area contributed by atoms with Crippen molar-refractivity contribution >= 4 is 5.91 Å². The zero-order valence-electron chi connectivity index (χ0n) is 8.66. The molecule has 0 spiro atoms. The maximum Gasteiger partial charge on any atom is 0.219 e. The van der Waals surface area contributed by atoms with Crippen LogP contribution in [0.3, 0.4) is 0 Å². The lowest BCUT2D eigenvalue weighted by molar-refractivity contribution is -0.120. The molecule has 0 fully saturated rings. The maximum atomic E-state index is 11.0. The fourth-order valence-electron chi connectivity index (χ4n) is 1.16. The van der Waals surface area contributed by atoms with Gasteiger partial charge in [0.25, 0.3) is 0 Å². The van der Waals surface area contributed by atoms with Crippen LogP contribution in [-0.2, 0) is 4.79 Å². The normalized spacial score (nSPS) is 12.1. The van der Waals surface area contributed by atoms with Crippen molar-refractivity contribution in [2.45, 2.75) is 26.2 Å². The summed E-state index contributed by atoms with van der Waals surface area (Å²) < 4.78 is 0. The van der Waals surface area contributed by atoms with E-state index in [0.29, 0.717) is 13.0 Å². The van der Waals surface area contributed by atoms with Gasteiger partial charge in [0.1, 0.15) is 0 Å². The molecule has 0 aromatic carbocycles. The van der Waals surface area contributed by atoms with Gasteiger partial charge >= 0.3 is 0 Å². The van der Waals surface area contributed by atoms with Gasteiger partial charge in [-0.05, 0) is 12.1 Å². The molecule has 3 nitrogen and oxygen atoms in total. The SMILES string of the molecule is CCC(=O)NCC(C)c1ccccn1. The first kappa shape index (κ1) is 10.7. The molecule has 1 heterocycles. The molecule has 1 atom stereocenters. The first-order chi connectivity index (χ1) is 6.74. The van der Waals surface area contributed by atoms with E-state index in [1.165, 1.54) is 0 Å². The van der Waals surface area contributed by atoms with Gasteiger partial charge in [-0.15, -0.1) is 0 Å². The maximum absolute atomic E-state index is 11.0. The van der Waals surface area contributed by atoms with Gasteiger partial charge in [-0.2, -0.15) is 0 Å². The average Bonchev–Trinajstić information content (AvgIpc) is 2.26. The molecule has 1 unspecified atom stereocenters. The van der Waals surface area contributed by atoms with E-state index in [4.69, 9.17) is 0 Å². The molecule has 0 aliphatic carbocycles. The van der Waals surface area contributed by atoms with Gasteiger partial charge in [0, 0.05) is 30.8 Å². The minimum absolute atomic E-state index is 0.0905. The van der Waals surface area contributed by atoms with Crippen molar-refractivity contribution in [2.75, 3.05) is 6.54 Å². The van der Waals surface area contributed by atoms with Crippen molar-refractivity contribution in [3.63, 3.8) is 0 Å². The lowest BCUT2D eigenvalue weighted by atomic mass is 10.1. The molecule has 1 N–H and O–H groups in total. The molecule has 0 radical (unpaired) electrons. The van der Waals surface area contributed by atoms with Gasteiger partial charge in [-0.3, -0.25) is 9.78 Å².